The number of likely N-dealkylation sites (N-methyl/N-ethyl adjacent to an activating group) is 1. The van der Waals surface area contributed by atoms with E-state index in [9.17, 15) is 4.79 Å². The Morgan fingerprint density at radius 2 is 2.04 bits per heavy atom. The number of amides is 1. The van der Waals surface area contributed by atoms with E-state index in [-0.39, 0.29) is 12.5 Å². The van der Waals surface area contributed by atoms with Crippen molar-refractivity contribution in [2.24, 2.45) is 0 Å². The van der Waals surface area contributed by atoms with Crippen LogP contribution in [0.1, 0.15) is 39.0 Å². The second kappa shape index (κ2) is 7.40. The Morgan fingerprint density at radius 1 is 1.26 bits per heavy atom. The van der Waals surface area contributed by atoms with E-state index in [1.807, 2.05) is 36.1 Å². The van der Waals surface area contributed by atoms with Gasteiger partial charge in [-0.1, -0.05) is 37.5 Å². The van der Waals surface area contributed by atoms with Crippen LogP contribution in [0.4, 0.5) is 0 Å². The minimum absolute atomic E-state index is 0.0209. The Balaban J connectivity index is 1.67. The van der Waals surface area contributed by atoms with Gasteiger partial charge in [-0.05, 0) is 25.8 Å². The highest BCUT2D eigenvalue weighted by Crippen LogP contribution is 2.24. The van der Waals surface area contributed by atoms with Gasteiger partial charge in [0.1, 0.15) is 0 Å². The highest BCUT2D eigenvalue weighted by atomic mass is 16.5. The van der Waals surface area contributed by atoms with Crippen LogP contribution in [0.25, 0.3) is 10.8 Å². The molecule has 0 unspecified atom stereocenters. The molecule has 1 aromatic heterocycles. The zero-order valence-electron chi connectivity index (χ0n) is 13.6. The van der Waals surface area contributed by atoms with Gasteiger partial charge in [0.15, 0.2) is 6.61 Å². The van der Waals surface area contributed by atoms with Gasteiger partial charge < -0.3 is 9.64 Å². The van der Waals surface area contributed by atoms with Crippen molar-refractivity contribution in [1.29, 1.82) is 0 Å². The van der Waals surface area contributed by atoms with Crippen LogP contribution in [0.2, 0.25) is 0 Å². The average Bonchev–Trinajstić information content (AvgIpc) is 2.61. The van der Waals surface area contributed by atoms with E-state index in [0.29, 0.717) is 11.9 Å². The first-order chi connectivity index (χ1) is 11.3. The topological polar surface area (TPSA) is 55.3 Å². The van der Waals surface area contributed by atoms with Gasteiger partial charge in [0.25, 0.3) is 5.91 Å². The first kappa shape index (κ1) is 15.7. The molecule has 0 radical (unpaired) electrons. The van der Waals surface area contributed by atoms with Crippen LogP contribution in [0.3, 0.4) is 0 Å². The lowest BCUT2D eigenvalue weighted by atomic mass is 9.94. The molecule has 5 heteroatoms. The molecule has 0 saturated heterocycles. The van der Waals surface area contributed by atoms with E-state index in [0.717, 1.165) is 30.2 Å². The van der Waals surface area contributed by atoms with E-state index < -0.39 is 0 Å². The standard InChI is InChI=1S/C18H23N3O2/c1-2-21(15-9-4-3-5-10-15)17(22)13-23-18-16-11-7-6-8-14(16)12-19-20-18/h6-8,11-12,15H,2-5,9-10,13H2,1H3. The summed E-state index contributed by atoms with van der Waals surface area (Å²) in [6, 6.07) is 8.13. The Hall–Kier alpha value is -2.17. The predicted molar refractivity (Wildman–Crippen MR) is 89.3 cm³/mol. The van der Waals surface area contributed by atoms with Crippen LogP contribution in [0.5, 0.6) is 5.88 Å². The van der Waals surface area contributed by atoms with Crippen LogP contribution in [-0.4, -0.2) is 40.2 Å². The molecule has 1 aliphatic rings. The van der Waals surface area contributed by atoms with Crippen molar-refractivity contribution in [1.82, 2.24) is 15.1 Å². The second-order valence-electron chi connectivity index (χ2n) is 6.00. The van der Waals surface area contributed by atoms with Crippen molar-refractivity contribution < 1.29 is 9.53 Å². The number of fused-ring (bicyclic) bond motifs is 1. The molecule has 1 amide bonds. The van der Waals surface area contributed by atoms with E-state index in [1.165, 1.54) is 19.3 Å². The first-order valence-electron chi connectivity index (χ1n) is 8.42. The quantitative estimate of drug-likeness (QED) is 0.850. The molecule has 0 N–H and O–H groups in total. The van der Waals surface area contributed by atoms with Crippen LogP contribution in [0, 0.1) is 0 Å². The van der Waals surface area contributed by atoms with Gasteiger partial charge in [0.05, 0.1) is 6.20 Å². The summed E-state index contributed by atoms with van der Waals surface area (Å²) in [7, 11) is 0. The number of benzene rings is 1. The molecule has 0 atom stereocenters. The minimum Gasteiger partial charge on any atom is -0.466 e. The Morgan fingerprint density at radius 3 is 2.83 bits per heavy atom. The van der Waals surface area contributed by atoms with E-state index in [4.69, 9.17) is 4.74 Å². The monoisotopic (exact) mass is 313 g/mol. The van der Waals surface area contributed by atoms with Gasteiger partial charge in [0, 0.05) is 23.4 Å². The smallest absolute Gasteiger partial charge is 0.260 e. The van der Waals surface area contributed by atoms with Gasteiger partial charge in [-0.15, -0.1) is 5.10 Å². The van der Waals surface area contributed by atoms with Crippen molar-refractivity contribution >= 4 is 16.7 Å². The molecule has 1 aromatic carbocycles. The van der Waals surface area contributed by atoms with Crippen molar-refractivity contribution in [3.8, 4) is 5.88 Å². The third kappa shape index (κ3) is 3.60. The van der Waals surface area contributed by atoms with Gasteiger partial charge in [-0.25, -0.2) is 0 Å². The molecule has 2 aromatic rings. The number of carbonyl (C=O) groups excluding carboxylic acids is 1. The maximum absolute atomic E-state index is 12.5. The molecular formula is C18H23N3O2. The SMILES string of the molecule is CCN(C(=O)COc1nncc2ccccc12)C1CCCCC1. The number of hydrogen-bond acceptors (Lipinski definition) is 4. The Kier molecular flexibility index (Phi) is 5.05. The fourth-order valence-corrected chi connectivity index (χ4v) is 3.35. The second-order valence-corrected chi connectivity index (χ2v) is 6.00. The summed E-state index contributed by atoms with van der Waals surface area (Å²) < 4.78 is 5.69. The first-order valence-corrected chi connectivity index (χ1v) is 8.42. The highest BCUT2D eigenvalue weighted by molar-refractivity contribution is 5.86. The summed E-state index contributed by atoms with van der Waals surface area (Å²) in [5.74, 6) is 0.463. The number of rotatable bonds is 5. The average molecular weight is 313 g/mol. The van der Waals surface area contributed by atoms with Gasteiger partial charge >= 0.3 is 0 Å². The molecule has 0 aliphatic heterocycles. The number of carbonyl (C=O) groups is 1. The molecule has 0 spiro atoms. The number of aromatic nitrogens is 2. The largest absolute Gasteiger partial charge is 0.466 e. The minimum atomic E-state index is 0.0209. The fourth-order valence-electron chi connectivity index (χ4n) is 3.35. The molecule has 5 nitrogen and oxygen atoms in total. The molecule has 122 valence electrons. The third-order valence-electron chi connectivity index (χ3n) is 4.55. The molecule has 1 heterocycles. The number of hydrogen-bond donors (Lipinski definition) is 0. The molecule has 0 bridgehead atoms. The summed E-state index contributed by atoms with van der Waals surface area (Å²) in [4.78, 5) is 14.5. The maximum Gasteiger partial charge on any atom is 0.260 e. The lowest BCUT2D eigenvalue weighted by Gasteiger charge is -2.33. The maximum atomic E-state index is 12.5. The summed E-state index contributed by atoms with van der Waals surface area (Å²) in [5.41, 5.74) is 0. The van der Waals surface area contributed by atoms with Crippen LogP contribution in [-0.2, 0) is 4.79 Å². The Bertz CT molecular complexity index is 663. The normalized spacial score (nSPS) is 15.5. The Labute approximate surface area is 136 Å². The molecule has 1 aliphatic carbocycles. The van der Waals surface area contributed by atoms with E-state index in [2.05, 4.69) is 10.2 Å². The highest BCUT2D eigenvalue weighted by Gasteiger charge is 2.24. The van der Waals surface area contributed by atoms with Crippen molar-refractivity contribution in [2.45, 2.75) is 45.1 Å². The lowest BCUT2D eigenvalue weighted by Crippen LogP contribution is -2.43. The van der Waals surface area contributed by atoms with E-state index in [1.54, 1.807) is 6.20 Å². The van der Waals surface area contributed by atoms with Gasteiger partial charge in [-0.3, -0.25) is 4.79 Å². The zero-order chi connectivity index (χ0) is 16.1. The third-order valence-corrected chi connectivity index (χ3v) is 4.55. The number of nitrogens with zero attached hydrogens (tertiary/aromatic N) is 3. The van der Waals surface area contributed by atoms with Crippen LogP contribution in [0.15, 0.2) is 30.5 Å². The zero-order valence-corrected chi connectivity index (χ0v) is 13.6. The lowest BCUT2D eigenvalue weighted by molar-refractivity contribution is -0.136. The molecular weight excluding hydrogens is 290 g/mol. The summed E-state index contributed by atoms with van der Waals surface area (Å²) in [6.07, 6.45) is 7.62. The molecule has 3 rings (SSSR count). The predicted octanol–water partition coefficient (Wildman–Crippen LogP) is 3.19. The summed E-state index contributed by atoms with van der Waals surface area (Å²) in [5, 5.41) is 9.83. The molecule has 1 saturated carbocycles. The number of ether oxygens (including phenoxy) is 1. The molecule has 23 heavy (non-hydrogen) atoms. The summed E-state index contributed by atoms with van der Waals surface area (Å²) in [6.45, 7) is 2.78. The fraction of sp³-hybridized carbons (Fsp3) is 0.500. The van der Waals surface area contributed by atoms with Crippen LogP contribution < -0.4 is 4.74 Å². The summed E-state index contributed by atoms with van der Waals surface area (Å²) >= 11 is 0. The van der Waals surface area contributed by atoms with Crippen molar-refractivity contribution in [3.05, 3.63) is 30.5 Å². The van der Waals surface area contributed by atoms with Crippen molar-refractivity contribution in [3.63, 3.8) is 0 Å². The van der Waals surface area contributed by atoms with Gasteiger partial charge in [-0.2, -0.15) is 5.10 Å². The van der Waals surface area contributed by atoms with Gasteiger partial charge in [0.2, 0.25) is 5.88 Å². The van der Waals surface area contributed by atoms with E-state index >= 15 is 0 Å². The molecule has 1 fully saturated rings. The van der Waals surface area contributed by atoms with Crippen LogP contribution >= 0.6 is 0 Å². The van der Waals surface area contributed by atoms with Crippen molar-refractivity contribution in [2.75, 3.05) is 13.2 Å².